The Bertz CT molecular complexity index is 423. The summed E-state index contributed by atoms with van der Waals surface area (Å²) >= 11 is 11.9. The minimum Gasteiger partial charge on any atom is -0.388 e. The zero-order valence-corrected chi connectivity index (χ0v) is 11.7. The predicted octanol–water partition coefficient (Wildman–Crippen LogP) is 2.37. The fraction of sp³-hybridized carbons (Fsp3) is 0.583. The number of pyridine rings is 1. The monoisotopic (exact) mass is 290 g/mol. The highest BCUT2D eigenvalue weighted by molar-refractivity contribution is 6.35. The summed E-state index contributed by atoms with van der Waals surface area (Å²) in [5, 5.41) is 11.4. The van der Waals surface area contributed by atoms with Gasteiger partial charge >= 0.3 is 0 Å². The maximum absolute atomic E-state index is 10.4. The zero-order chi connectivity index (χ0) is 13.2. The molecule has 2 heterocycles. The second kappa shape index (κ2) is 5.61. The molecule has 0 aromatic carbocycles. The maximum Gasteiger partial charge on any atom is 0.147 e. The van der Waals surface area contributed by atoms with E-state index in [-0.39, 0.29) is 0 Å². The van der Waals surface area contributed by atoms with Crippen molar-refractivity contribution >= 4 is 29.0 Å². The van der Waals surface area contributed by atoms with Crippen molar-refractivity contribution in [3.63, 3.8) is 0 Å². The molecule has 0 amide bonds. The first-order valence-electron chi connectivity index (χ1n) is 5.82. The molecule has 100 valence electrons. The molecule has 0 saturated carbocycles. The third-order valence-electron chi connectivity index (χ3n) is 3.10. The molecule has 1 saturated heterocycles. The van der Waals surface area contributed by atoms with Crippen LogP contribution < -0.4 is 4.90 Å². The van der Waals surface area contributed by atoms with E-state index in [1.807, 2.05) is 11.9 Å². The Kier molecular flexibility index (Phi) is 4.33. The number of aliphatic hydroxyl groups is 1. The van der Waals surface area contributed by atoms with E-state index in [4.69, 9.17) is 27.9 Å². The van der Waals surface area contributed by atoms with Gasteiger partial charge in [0.25, 0.3) is 0 Å². The normalized spacial score (nSPS) is 18.7. The van der Waals surface area contributed by atoms with Crippen LogP contribution in [0.15, 0.2) is 12.3 Å². The van der Waals surface area contributed by atoms with Gasteiger partial charge in [0.05, 0.1) is 15.6 Å². The zero-order valence-electron chi connectivity index (χ0n) is 10.2. The first-order chi connectivity index (χ1) is 8.50. The summed E-state index contributed by atoms with van der Waals surface area (Å²) in [5.41, 5.74) is -0.738. The maximum atomic E-state index is 10.4. The molecule has 0 spiro atoms. The molecule has 18 heavy (non-hydrogen) atoms. The number of hydrogen-bond acceptors (Lipinski definition) is 4. The van der Waals surface area contributed by atoms with E-state index in [2.05, 4.69) is 4.98 Å². The minimum absolute atomic E-state index is 0.477. The third kappa shape index (κ3) is 3.26. The number of likely N-dealkylation sites (N-methyl/N-ethyl adjacent to an activating group) is 1. The van der Waals surface area contributed by atoms with Gasteiger partial charge in [0.15, 0.2) is 0 Å². The van der Waals surface area contributed by atoms with Crippen LogP contribution in [0.2, 0.25) is 10.0 Å². The van der Waals surface area contributed by atoms with Gasteiger partial charge in [-0.2, -0.15) is 0 Å². The van der Waals surface area contributed by atoms with Crippen molar-refractivity contribution in [2.45, 2.75) is 18.4 Å². The molecule has 2 rings (SSSR count). The average Bonchev–Trinajstić information content (AvgIpc) is 2.28. The van der Waals surface area contributed by atoms with Crippen LogP contribution in [0.5, 0.6) is 0 Å². The standard InChI is InChI=1S/C12H16Cl2N2O2/c1-16(8-12(17)2-4-18-5-3-12)11-10(14)6-9(13)7-15-11/h6-7,17H,2-5,8H2,1H3. The van der Waals surface area contributed by atoms with Gasteiger partial charge in [0, 0.05) is 45.8 Å². The highest BCUT2D eigenvalue weighted by atomic mass is 35.5. The van der Waals surface area contributed by atoms with Crippen LogP contribution in [0.4, 0.5) is 5.82 Å². The van der Waals surface area contributed by atoms with Crippen LogP contribution in [0, 0.1) is 0 Å². The van der Waals surface area contributed by atoms with Crippen molar-refractivity contribution in [3.05, 3.63) is 22.3 Å². The van der Waals surface area contributed by atoms with E-state index < -0.39 is 5.60 Å². The number of rotatable bonds is 3. The summed E-state index contributed by atoms with van der Waals surface area (Å²) in [6.07, 6.45) is 2.80. The van der Waals surface area contributed by atoms with Gasteiger partial charge in [-0.25, -0.2) is 4.98 Å². The Morgan fingerprint density at radius 3 is 2.72 bits per heavy atom. The number of anilines is 1. The lowest BCUT2D eigenvalue weighted by molar-refractivity contribution is -0.0573. The van der Waals surface area contributed by atoms with Crippen LogP contribution in [0.25, 0.3) is 0 Å². The summed E-state index contributed by atoms with van der Waals surface area (Å²) < 4.78 is 5.25. The van der Waals surface area contributed by atoms with E-state index in [1.54, 1.807) is 12.3 Å². The third-order valence-corrected chi connectivity index (χ3v) is 3.59. The van der Waals surface area contributed by atoms with Gasteiger partial charge in [-0.3, -0.25) is 0 Å². The highest BCUT2D eigenvalue weighted by Crippen LogP contribution is 2.28. The molecule has 0 bridgehead atoms. The van der Waals surface area contributed by atoms with E-state index in [0.717, 1.165) is 0 Å². The van der Waals surface area contributed by atoms with Crippen molar-refractivity contribution in [1.82, 2.24) is 4.98 Å². The van der Waals surface area contributed by atoms with E-state index in [9.17, 15) is 5.11 Å². The largest absolute Gasteiger partial charge is 0.388 e. The predicted molar refractivity (Wildman–Crippen MR) is 72.5 cm³/mol. The smallest absolute Gasteiger partial charge is 0.147 e. The van der Waals surface area contributed by atoms with Crippen LogP contribution in [-0.2, 0) is 4.74 Å². The average molecular weight is 291 g/mol. The Balaban J connectivity index is 2.08. The number of ether oxygens (including phenoxy) is 1. The molecule has 1 N–H and O–H groups in total. The van der Waals surface area contributed by atoms with Crippen molar-refractivity contribution in [2.24, 2.45) is 0 Å². The van der Waals surface area contributed by atoms with Crippen molar-refractivity contribution < 1.29 is 9.84 Å². The van der Waals surface area contributed by atoms with Crippen LogP contribution in [-0.4, -0.2) is 42.5 Å². The fourth-order valence-electron chi connectivity index (χ4n) is 2.11. The lowest BCUT2D eigenvalue weighted by Crippen LogP contribution is -2.46. The molecule has 1 aromatic rings. The first-order valence-corrected chi connectivity index (χ1v) is 6.58. The van der Waals surface area contributed by atoms with Gasteiger partial charge in [-0.1, -0.05) is 23.2 Å². The van der Waals surface area contributed by atoms with Crippen LogP contribution in [0.1, 0.15) is 12.8 Å². The summed E-state index contributed by atoms with van der Waals surface area (Å²) in [4.78, 5) is 6.05. The van der Waals surface area contributed by atoms with E-state index in [0.29, 0.717) is 48.5 Å². The first kappa shape index (κ1) is 13.9. The van der Waals surface area contributed by atoms with Crippen molar-refractivity contribution in [1.29, 1.82) is 0 Å². The summed E-state index contributed by atoms with van der Waals surface area (Å²) in [6.45, 7) is 1.66. The molecular weight excluding hydrogens is 275 g/mol. The van der Waals surface area contributed by atoms with Crippen LogP contribution >= 0.6 is 23.2 Å². The van der Waals surface area contributed by atoms with Crippen molar-refractivity contribution in [3.8, 4) is 0 Å². The summed E-state index contributed by atoms with van der Waals surface area (Å²) in [6, 6.07) is 1.65. The number of hydrogen-bond donors (Lipinski definition) is 1. The number of aromatic nitrogens is 1. The van der Waals surface area contributed by atoms with Gasteiger partial charge in [0.2, 0.25) is 0 Å². The number of nitrogens with zero attached hydrogens (tertiary/aromatic N) is 2. The quantitative estimate of drug-likeness (QED) is 0.928. The molecule has 0 unspecified atom stereocenters. The summed E-state index contributed by atoms with van der Waals surface area (Å²) in [5.74, 6) is 0.626. The Morgan fingerprint density at radius 2 is 2.11 bits per heavy atom. The highest BCUT2D eigenvalue weighted by Gasteiger charge is 2.31. The number of halogens is 2. The second-order valence-corrected chi connectivity index (χ2v) is 5.50. The van der Waals surface area contributed by atoms with E-state index >= 15 is 0 Å². The molecule has 6 heteroatoms. The topological polar surface area (TPSA) is 45.6 Å². The summed E-state index contributed by atoms with van der Waals surface area (Å²) in [7, 11) is 1.86. The van der Waals surface area contributed by atoms with Crippen molar-refractivity contribution in [2.75, 3.05) is 31.7 Å². The Labute approximate surface area is 116 Å². The molecule has 1 fully saturated rings. The molecular formula is C12H16Cl2N2O2. The molecule has 4 nitrogen and oxygen atoms in total. The molecule has 0 radical (unpaired) electrons. The van der Waals surface area contributed by atoms with Gasteiger partial charge in [-0.05, 0) is 6.07 Å². The lowest BCUT2D eigenvalue weighted by atomic mass is 9.94. The molecule has 0 aliphatic carbocycles. The van der Waals surface area contributed by atoms with Gasteiger partial charge in [0.1, 0.15) is 5.82 Å². The molecule has 1 aliphatic rings. The van der Waals surface area contributed by atoms with E-state index in [1.165, 1.54) is 0 Å². The molecule has 1 aromatic heterocycles. The minimum atomic E-state index is -0.738. The molecule has 0 atom stereocenters. The Hall–Kier alpha value is -0.550. The second-order valence-electron chi connectivity index (χ2n) is 4.65. The SMILES string of the molecule is CN(CC1(O)CCOCC1)c1ncc(Cl)cc1Cl. The molecule has 1 aliphatic heterocycles. The fourth-order valence-corrected chi connectivity index (χ4v) is 2.64. The van der Waals surface area contributed by atoms with Crippen LogP contribution in [0.3, 0.4) is 0 Å². The Morgan fingerprint density at radius 1 is 1.44 bits per heavy atom. The lowest BCUT2D eigenvalue weighted by Gasteiger charge is -2.36. The van der Waals surface area contributed by atoms with Gasteiger partial charge < -0.3 is 14.7 Å². The van der Waals surface area contributed by atoms with Gasteiger partial charge in [-0.15, -0.1) is 0 Å².